The van der Waals surface area contributed by atoms with Crippen LogP contribution in [0, 0.1) is 6.92 Å². The Bertz CT molecular complexity index is 658. The van der Waals surface area contributed by atoms with Crippen molar-refractivity contribution in [3.05, 3.63) is 67.6 Å². The highest BCUT2D eigenvalue weighted by Gasteiger charge is 2.08. The Morgan fingerprint density at radius 1 is 1.20 bits per heavy atom. The maximum absolute atomic E-state index is 12.1. The van der Waals surface area contributed by atoms with Crippen molar-refractivity contribution in [3.8, 4) is 0 Å². The van der Waals surface area contributed by atoms with E-state index in [1.807, 2.05) is 13.0 Å². The van der Waals surface area contributed by atoms with E-state index in [0.29, 0.717) is 22.2 Å². The molecule has 0 saturated carbocycles. The quantitative estimate of drug-likeness (QED) is 0.807. The highest BCUT2D eigenvalue weighted by molar-refractivity contribution is 9.10. The molecule has 2 aromatic carbocycles. The van der Waals surface area contributed by atoms with Gasteiger partial charge in [0, 0.05) is 26.6 Å². The molecule has 0 aliphatic rings. The molecule has 0 radical (unpaired) electrons. The molecule has 1 amide bonds. The molecule has 104 valence electrons. The molecule has 0 heterocycles. The third-order valence-corrected chi connectivity index (χ3v) is 4.33. The van der Waals surface area contributed by atoms with Gasteiger partial charge in [0.1, 0.15) is 0 Å². The van der Waals surface area contributed by atoms with Gasteiger partial charge in [0.15, 0.2) is 0 Å². The summed E-state index contributed by atoms with van der Waals surface area (Å²) in [6.07, 6.45) is 0. The smallest absolute Gasteiger partial charge is 0.251 e. The number of nitrogens with one attached hydrogen (secondary N) is 1. The van der Waals surface area contributed by atoms with Gasteiger partial charge in [-0.3, -0.25) is 4.79 Å². The van der Waals surface area contributed by atoms with Crippen molar-refractivity contribution in [2.45, 2.75) is 13.5 Å². The number of amides is 1. The molecule has 0 saturated heterocycles. The summed E-state index contributed by atoms with van der Waals surface area (Å²) in [5, 5.41) is 3.96. The topological polar surface area (TPSA) is 29.1 Å². The Morgan fingerprint density at radius 2 is 1.95 bits per heavy atom. The van der Waals surface area contributed by atoms with Crippen molar-refractivity contribution in [1.82, 2.24) is 5.32 Å². The van der Waals surface area contributed by atoms with Crippen molar-refractivity contribution in [2.24, 2.45) is 0 Å². The van der Waals surface area contributed by atoms with Gasteiger partial charge in [-0.15, -0.1) is 0 Å². The Labute approximate surface area is 136 Å². The molecule has 5 heteroatoms. The van der Waals surface area contributed by atoms with Crippen LogP contribution in [-0.2, 0) is 6.54 Å². The van der Waals surface area contributed by atoms with Crippen molar-refractivity contribution >= 4 is 45.0 Å². The number of hydrogen-bond donors (Lipinski definition) is 1. The first-order valence-corrected chi connectivity index (χ1v) is 7.50. The van der Waals surface area contributed by atoms with Gasteiger partial charge in [-0.2, -0.15) is 0 Å². The van der Waals surface area contributed by atoms with Gasteiger partial charge in [-0.1, -0.05) is 51.3 Å². The lowest BCUT2D eigenvalue weighted by molar-refractivity contribution is 0.0951. The highest BCUT2D eigenvalue weighted by atomic mass is 79.9. The number of aryl methyl sites for hydroxylation is 1. The van der Waals surface area contributed by atoms with Crippen LogP contribution in [0.1, 0.15) is 21.5 Å². The molecule has 0 unspecified atom stereocenters. The van der Waals surface area contributed by atoms with Crippen LogP contribution < -0.4 is 5.32 Å². The van der Waals surface area contributed by atoms with Gasteiger partial charge in [0.2, 0.25) is 0 Å². The van der Waals surface area contributed by atoms with Crippen LogP contribution in [0.2, 0.25) is 10.0 Å². The van der Waals surface area contributed by atoms with Gasteiger partial charge < -0.3 is 5.32 Å². The van der Waals surface area contributed by atoms with Crippen LogP contribution in [0.4, 0.5) is 0 Å². The van der Waals surface area contributed by atoms with Gasteiger partial charge in [0.25, 0.3) is 5.91 Å². The van der Waals surface area contributed by atoms with Crippen molar-refractivity contribution in [2.75, 3.05) is 0 Å². The molecule has 2 aromatic rings. The van der Waals surface area contributed by atoms with Crippen LogP contribution in [-0.4, -0.2) is 5.91 Å². The third-order valence-electron chi connectivity index (χ3n) is 2.89. The SMILES string of the molecule is Cc1ccc(C(=O)NCc2ccc(Cl)cc2Cl)cc1Br. The fourth-order valence-electron chi connectivity index (χ4n) is 1.68. The summed E-state index contributed by atoms with van der Waals surface area (Å²) in [5.41, 5.74) is 2.52. The van der Waals surface area contributed by atoms with Gasteiger partial charge >= 0.3 is 0 Å². The lowest BCUT2D eigenvalue weighted by Crippen LogP contribution is -2.22. The highest BCUT2D eigenvalue weighted by Crippen LogP contribution is 2.21. The molecule has 0 bridgehead atoms. The summed E-state index contributed by atoms with van der Waals surface area (Å²) in [5.74, 6) is -0.142. The van der Waals surface area contributed by atoms with Crippen LogP contribution in [0.5, 0.6) is 0 Å². The summed E-state index contributed by atoms with van der Waals surface area (Å²) >= 11 is 15.3. The summed E-state index contributed by atoms with van der Waals surface area (Å²) in [4.78, 5) is 12.1. The molecule has 0 aliphatic carbocycles. The molecule has 1 N–H and O–H groups in total. The second kappa shape index (κ2) is 6.61. The van der Waals surface area contributed by atoms with Crippen molar-refractivity contribution < 1.29 is 4.79 Å². The summed E-state index contributed by atoms with van der Waals surface area (Å²) in [6.45, 7) is 2.33. The second-order valence-corrected chi connectivity index (χ2v) is 6.08. The number of carbonyl (C=O) groups excluding carboxylic acids is 1. The summed E-state index contributed by atoms with van der Waals surface area (Å²) in [7, 11) is 0. The average Bonchev–Trinajstić information content (AvgIpc) is 2.40. The zero-order chi connectivity index (χ0) is 14.7. The maximum Gasteiger partial charge on any atom is 0.251 e. The number of hydrogen-bond acceptors (Lipinski definition) is 1. The Balaban J connectivity index is 2.06. The molecule has 0 fully saturated rings. The van der Waals surface area contributed by atoms with Crippen LogP contribution in [0.15, 0.2) is 40.9 Å². The monoisotopic (exact) mass is 371 g/mol. The van der Waals surface area contributed by atoms with Crippen LogP contribution in [0.25, 0.3) is 0 Å². The molecule has 0 atom stereocenters. The molecule has 20 heavy (non-hydrogen) atoms. The normalized spacial score (nSPS) is 10.4. The molecule has 0 aliphatic heterocycles. The Hall–Kier alpha value is -1.03. The van der Waals surface area contributed by atoms with E-state index in [9.17, 15) is 4.79 Å². The summed E-state index contributed by atoms with van der Waals surface area (Å²) < 4.78 is 0.912. The maximum atomic E-state index is 12.1. The first-order valence-electron chi connectivity index (χ1n) is 5.95. The van der Waals surface area contributed by atoms with E-state index in [-0.39, 0.29) is 5.91 Å². The predicted molar refractivity (Wildman–Crippen MR) is 86.5 cm³/mol. The fourth-order valence-corrected chi connectivity index (χ4v) is 2.53. The van der Waals surface area contributed by atoms with Crippen LogP contribution >= 0.6 is 39.1 Å². The largest absolute Gasteiger partial charge is 0.348 e. The molecular formula is C15H12BrCl2NO. The lowest BCUT2D eigenvalue weighted by atomic mass is 10.1. The minimum atomic E-state index is -0.142. The van der Waals surface area contributed by atoms with E-state index in [4.69, 9.17) is 23.2 Å². The third kappa shape index (κ3) is 3.75. The zero-order valence-corrected chi connectivity index (χ0v) is 13.8. The predicted octanol–water partition coefficient (Wildman–Crippen LogP) is 4.99. The standard InChI is InChI=1S/C15H12BrCl2NO/c1-9-2-3-10(6-13(9)16)15(20)19-8-11-4-5-12(17)7-14(11)18/h2-7H,8H2,1H3,(H,19,20). The van der Waals surface area contributed by atoms with Crippen molar-refractivity contribution in [3.63, 3.8) is 0 Å². The lowest BCUT2D eigenvalue weighted by Gasteiger charge is -2.08. The van der Waals surface area contributed by atoms with E-state index in [0.717, 1.165) is 15.6 Å². The molecule has 2 rings (SSSR count). The van der Waals surface area contributed by atoms with Gasteiger partial charge in [-0.05, 0) is 42.3 Å². The van der Waals surface area contributed by atoms with Gasteiger partial charge in [0.05, 0.1) is 0 Å². The van der Waals surface area contributed by atoms with Crippen LogP contribution in [0.3, 0.4) is 0 Å². The Kier molecular flexibility index (Phi) is 5.08. The van der Waals surface area contributed by atoms with Crippen molar-refractivity contribution in [1.29, 1.82) is 0 Å². The first-order chi connectivity index (χ1) is 9.47. The summed E-state index contributed by atoms with van der Waals surface area (Å²) in [6, 6.07) is 10.7. The second-order valence-electron chi connectivity index (χ2n) is 4.38. The van der Waals surface area contributed by atoms with E-state index < -0.39 is 0 Å². The minimum absolute atomic E-state index is 0.142. The molecular weight excluding hydrogens is 361 g/mol. The molecule has 2 nitrogen and oxygen atoms in total. The Morgan fingerprint density at radius 3 is 2.60 bits per heavy atom. The molecule has 0 spiro atoms. The number of halogens is 3. The number of carbonyl (C=O) groups is 1. The average molecular weight is 373 g/mol. The fraction of sp³-hybridized carbons (Fsp3) is 0.133. The van der Waals surface area contributed by atoms with E-state index in [1.54, 1.807) is 30.3 Å². The minimum Gasteiger partial charge on any atom is -0.348 e. The number of rotatable bonds is 3. The molecule has 0 aromatic heterocycles. The van der Waals surface area contributed by atoms with E-state index in [1.165, 1.54) is 0 Å². The zero-order valence-electron chi connectivity index (χ0n) is 10.7. The number of benzene rings is 2. The van der Waals surface area contributed by atoms with E-state index in [2.05, 4.69) is 21.2 Å². The first kappa shape index (κ1) is 15.4. The van der Waals surface area contributed by atoms with E-state index >= 15 is 0 Å². The van der Waals surface area contributed by atoms with Gasteiger partial charge in [-0.25, -0.2) is 0 Å².